The van der Waals surface area contributed by atoms with Crippen molar-refractivity contribution >= 4 is 35.1 Å². The van der Waals surface area contributed by atoms with Crippen molar-refractivity contribution in [3.05, 3.63) is 72.3 Å². The van der Waals surface area contributed by atoms with Gasteiger partial charge in [-0.3, -0.25) is 0 Å². The van der Waals surface area contributed by atoms with Gasteiger partial charge >= 0.3 is 5.97 Å². The van der Waals surface area contributed by atoms with E-state index in [1.807, 2.05) is 73.7 Å². The predicted molar refractivity (Wildman–Crippen MR) is 102 cm³/mol. The number of hydrogen-bond donors (Lipinski definition) is 2. The average Bonchev–Trinajstić information content (AvgIpc) is 2.61. The first-order chi connectivity index (χ1) is 11.7. The molecule has 1 N–H and O–H groups in total. The lowest BCUT2D eigenvalue weighted by atomic mass is 10.1. The number of thiol groups is 1. The minimum atomic E-state index is -0.519. The molecule has 0 spiro atoms. The second kappa shape index (κ2) is 7.41. The largest absolute Gasteiger partial charge is 0.424 e. The van der Waals surface area contributed by atoms with Crippen molar-refractivity contribution in [1.82, 2.24) is 0 Å². The van der Waals surface area contributed by atoms with Crippen LogP contribution < -0.4 is 10.1 Å². The fourth-order valence-corrected chi connectivity index (χ4v) is 2.73. The number of nitrogens with one attached hydrogen (secondary N) is 1. The van der Waals surface area contributed by atoms with Crippen LogP contribution in [0.3, 0.4) is 0 Å². The number of ether oxygens (including phenoxy) is 1. The second-order valence-electron chi connectivity index (χ2n) is 5.64. The van der Waals surface area contributed by atoms with E-state index in [0.717, 1.165) is 16.5 Å². The summed E-state index contributed by atoms with van der Waals surface area (Å²) in [5, 5.41) is 5.13. The molecule has 3 nitrogen and oxygen atoms in total. The van der Waals surface area contributed by atoms with Crippen molar-refractivity contribution in [3.63, 3.8) is 0 Å². The van der Waals surface area contributed by atoms with Crippen LogP contribution in [-0.2, 0) is 4.79 Å². The van der Waals surface area contributed by atoms with Gasteiger partial charge in [-0.25, -0.2) is 4.79 Å². The molecule has 0 heterocycles. The zero-order valence-electron chi connectivity index (χ0n) is 13.4. The molecular formula is C20H19NO2S. The van der Waals surface area contributed by atoms with Gasteiger partial charge < -0.3 is 10.1 Å². The van der Waals surface area contributed by atoms with Crippen molar-refractivity contribution < 1.29 is 9.53 Å². The molecule has 122 valence electrons. The molecular weight excluding hydrogens is 318 g/mol. The topological polar surface area (TPSA) is 38.3 Å². The van der Waals surface area contributed by atoms with Gasteiger partial charge in [-0.05, 0) is 30.5 Å². The van der Waals surface area contributed by atoms with Gasteiger partial charge in [0, 0.05) is 16.8 Å². The summed E-state index contributed by atoms with van der Waals surface area (Å²) in [6.07, 6.45) is 0. The number of carbonyl (C=O) groups excluding carboxylic acids is 1. The highest BCUT2D eigenvalue weighted by atomic mass is 32.1. The zero-order valence-corrected chi connectivity index (χ0v) is 14.3. The van der Waals surface area contributed by atoms with Crippen LogP contribution >= 0.6 is 12.6 Å². The van der Waals surface area contributed by atoms with Crippen molar-refractivity contribution in [2.75, 3.05) is 11.1 Å². The molecule has 1 atom stereocenters. The second-order valence-corrected chi connectivity index (χ2v) is 6.01. The van der Waals surface area contributed by atoms with Gasteiger partial charge in [0.1, 0.15) is 11.8 Å². The number of anilines is 1. The van der Waals surface area contributed by atoms with Crippen LogP contribution in [0.4, 0.5) is 5.69 Å². The first-order valence-corrected chi connectivity index (χ1v) is 8.44. The minimum Gasteiger partial charge on any atom is -0.424 e. The summed E-state index contributed by atoms with van der Waals surface area (Å²) >= 11 is 4.28. The van der Waals surface area contributed by atoms with Crippen LogP contribution in [0.1, 0.15) is 5.56 Å². The van der Waals surface area contributed by atoms with Gasteiger partial charge in [0.25, 0.3) is 0 Å². The zero-order chi connectivity index (χ0) is 16.9. The first-order valence-electron chi connectivity index (χ1n) is 7.81. The average molecular weight is 337 g/mol. The normalized spacial score (nSPS) is 11.9. The van der Waals surface area contributed by atoms with Gasteiger partial charge in [0.15, 0.2) is 0 Å². The molecule has 0 aliphatic heterocycles. The van der Waals surface area contributed by atoms with Gasteiger partial charge in [-0.1, -0.05) is 54.1 Å². The third kappa shape index (κ3) is 3.71. The van der Waals surface area contributed by atoms with E-state index >= 15 is 0 Å². The van der Waals surface area contributed by atoms with E-state index in [4.69, 9.17) is 4.74 Å². The summed E-state index contributed by atoms with van der Waals surface area (Å²) in [7, 11) is 0. The quantitative estimate of drug-likeness (QED) is 0.410. The molecule has 0 unspecified atom stereocenters. The number of hydrogen-bond acceptors (Lipinski definition) is 4. The highest BCUT2D eigenvalue weighted by Crippen LogP contribution is 2.25. The molecule has 3 aromatic carbocycles. The van der Waals surface area contributed by atoms with Crippen LogP contribution in [0.2, 0.25) is 0 Å². The maximum atomic E-state index is 12.5. The van der Waals surface area contributed by atoms with Crippen LogP contribution in [0, 0.1) is 6.92 Å². The van der Waals surface area contributed by atoms with Gasteiger partial charge in [-0.2, -0.15) is 12.6 Å². The van der Waals surface area contributed by atoms with E-state index in [-0.39, 0.29) is 5.97 Å². The summed E-state index contributed by atoms with van der Waals surface area (Å²) in [4.78, 5) is 12.5. The van der Waals surface area contributed by atoms with Crippen molar-refractivity contribution in [1.29, 1.82) is 0 Å². The molecule has 0 amide bonds. The third-order valence-electron chi connectivity index (χ3n) is 3.82. The van der Waals surface area contributed by atoms with Gasteiger partial charge in [-0.15, -0.1) is 0 Å². The number of carbonyl (C=O) groups is 1. The summed E-state index contributed by atoms with van der Waals surface area (Å²) in [5.41, 5.74) is 2.04. The molecule has 0 fully saturated rings. The smallest absolute Gasteiger partial charge is 0.334 e. The van der Waals surface area contributed by atoms with Crippen LogP contribution in [-0.4, -0.2) is 17.8 Å². The Kier molecular flexibility index (Phi) is 5.06. The molecule has 0 saturated carbocycles. The first kappa shape index (κ1) is 16.4. The van der Waals surface area contributed by atoms with E-state index in [9.17, 15) is 4.79 Å². The Morgan fingerprint density at radius 2 is 1.75 bits per heavy atom. The Bertz CT molecular complexity index is 840. The number of aryl methyl sites for hydroxylation is 1. The van der Waals surface area contributed by atoms with E-state index in [2.05, 4.69) is 17.9 Å². The monoisotopic (exact) mass is 337 g/mol. The Morgan fingerprint density at radius 3 is 2.50 bits per heavy atom. The molecule has 0 aliphatic rings. The fourth-order valence-electron chi connectivity index (χ4n) is 2.49. The van der Waals surface area contributed by atoms with Crippen LogP contribution in [0.25, 0.3) is 10.8 Å². The van der Waals surface area contributed by atoms with E-state index in [1.165, 1.54) is 5.56 Å². The Labute approximate surface area is 147 Å². The van der Waals surface area contributed by atoms with Gasteiger partial charge in [0.05, 0.1) is 0 Å². The van der Waals surface area contributed by atoms with Crippen molar-refractivity contribution in [2.45, 2.75) is 13.0 Å². The highest BCUT2D eigenvalue weighted by molar-refractivity contribution is 7.80. The SMILES string of the molecule is Cc1ccc(N[C@H](CS)C(=O)Oc2cccc3ccccc23)cc1. The highest BCUT2D eigenvalue weighted by Gasteiger charge is 2.20. The maximum absolute atomic E-state index is 12.5. The van der Waals surface area contributed by atoms with E-state index in [1.54, 1.807) is 0 Å². The van der Waals surface area contributed by atoms with Crippen LogP contribution in [0.5, 0.6) is 5.75 Å². The number of fused-ring (bicyclic) bond motifs is 1. The standard InChI is InChI=1S/C20H19NO2S/c1-14-9-11-16(12-10-14)21-18(13-24)20(22)23-19-8-4-6-15-5-2-3-7-17(15)19/h2-12,18,21,24H,13H2,1H3/t18-/m1/s1. The van der Waals surface area contributed by atoms with E-state index < -0.39 is 6.04 Å². The number of benzene rings is 3. The summed E-state index contributed by atoms with van der Waals surface area (Å²) < 4.78 is 5.63. The molecule has 3 aromatic rings. The summed E-state index contributed by atoms with van der Waals surface area (Å²) in [5.74, 6) is 0.565. The lowest BCUT2D eigenvalue weighted by Crippen LogP contribution is -2.35. The van der Waals surface area contributed by atoms with Crippen LogP contribution in [0.15, 0.2) is 66.7 Å². The fraction of sp³-hybridized carbons (Fsp3) is 0.150. The molecule has 4 heteroatoms. The van der Waals surface area contributed by atoms with Gasteiger partial charge in [0.2, 0.25) is 0 Å². The maximum Gasteiger partial charge on any atom is 0.334 e. The molecule has 24 heavy (non-hydrogen) atoms. The number of rotatable bonds is 5. The minimum absolute atomic E-state index is 0.345. The Balaban J connectivity index is 1.77. The molecule has 0 aliphatic carbocycles. The lowest BCUT2D eigenvalue weighted by molar-refractivity contribution is -0.134. The lowest BCUT2D eigenvalue weighted by Gasteiger charge is -2.17. The summed E-state index contributed by atoms with van der Waals surface area (Å²) in [6, 6.07) is 20.9. The molecule has 0 bridgehead atoms. The molecule has 0 aromatic heterocycles. The number of esters is 1. The van der Waals surface area contributed by atoms with Crippen molar-refractivity contribution in [2.24, 2.45) is 0 Å². The third-order valence-corrected chi connectivity index (χ3v) is 4.18. The van der Waals surface area contributed by atoms with E-state index in [0.29, 0.717) is 11.5 Å². The molecule has 0 saturated heterocycles. The summed E-state index contributed by atoms with van der Waals surface area (Å²) in [6.45, 7) is 2.02. The van der Waals surface area contributed by atoms with Crippen molar-refractivity contribution in [3.8, 4) is 5.75 Å². The predicted octanol–water partition coefficient (Wildman–Crippen LogP) is 4.46. The Hall–Kier alpha value is -2.46. The Morgan fingerprint density at radius 1 is 1.04 bits per heavy atom. The molecule has 3 rings (SSSR count). The molecule has 0 radical (unpaired) electrons.